The molecule has 2 aromatic rings. The number of carbonyl (C=O) groups excluding carboxylic acids is 2. The molecule has 1 saturated heterocycles. The zero-order valence-corrected chi connectivity index (χ0v) is 18.7. The van der Waals surface area contributed by atoms with Gasteiger partial charge in [-0.3, -0.25) is 9.59 Å². The maximum Gasteiger partial charge on any atom is 0.222 e. The van der Waals surface area contributed by atoms with Crippen LogP contribution in [0.1, 0.15) is 38.3 Å². The smallest absolute Gasteiger partial charge is 0.222 e. The highest BCUT2D eigenvalue weighted by atomic mass is 16.5. The zero-order valence-electron chi connectivity index (χ0n) is 18.7. The summed E-state index contributed by atoms with van der Waals surface area (Å²) in [4.78, 5) is 29.3. The molecule has 0 saturated carbocycles. The second-order valence-corrected chi connectivity index (χ2v) is 8.25. The normalized spacial score (nSPS) is 15.8. The number of benzene rings is 2. The van der Waals surface area contributed by atoms with Gasteiger partial charge in [-0.15, -0.1) is 0 Å². The molecule has 2 atom stereocenters. The number of methoxy groups -OCH3 is 1. The van der Waals surface area contributed by atoms with Crippen molar-refractivity contribution in [1.82, 2.24) is 10.2 Å². The number of hydrogen-bond donors (Lipinski definition) is 1. The Hall–Kier alpha value is -3.02. The van der Waals surface area contributed by atoms with Crippen LogP contribution in [0.15, 0.2) is 54.6 Å². The van der Waals surface area contributed by atoms with E-state index in [4.69, 9.17) is 4.74 Å². The first-order valence-electron chi connectivity index (χ1n) is 11.0. The quantitative estimate of drug-likeness (QED) is 0.704. The number of rotatable bonds is 8. The van der Waals surface area contributed by atoms with E-state index in [1.165, 1.54) is 0 Å². The van der Waals surface area contributed by atoms with Crippen LogP contribution in [0.3, 0.4) is 0 Å². The number of nitrogens with one attached hydrogen (secondary N) is 1. The number of ether oxygens (including phenoxy) is 1. The van der Waals surface area contributed by atoms with Crippen molar-refractivity contribution in [2.45, 2.75) is 32.7 Å². The molecule has 1 aliphatic heterocycles. The van der Waals surface area contributed by atoms with Gasteiger partial charge in [0.1, 0.15) is 5.75 Å². The van der Waals surface area contributed by atoms with Gasteiger partial charge in [-0.2, -0.15) is 0 Å². The van der Waals surface area contributed by atoms with Crippen LogP contribution >= 0.6 is 0 Å². The van der Waals surface area contributed by atoms with E-state index in [-0.39, 0.29) is 23.8 Å². The first-order chi connectivity index (χ1) is 15.0. The number of para-hydroxylation sites is 2. The first kappa shape index (κ1) is 22.7. The second kappa shape index (κ2) is 10.8. The molecule has 166 valence electrons. The van der Waals surface area contributed by atoms with Crippen molar-refractivity contribution in [1.29, 1.82) is 0 Å². The fourth-order valence-corrected chi connectivity index (χ4v) is 4.03. The number of anilines is 1. The Morgan fingerprint density at radius 3 is 2.26 bits per heavy atom. The maximum atomic E-state index is 12.8. The highest BCUT2D eigenvalue weighted by molar-refractivity contribution is 5.80. The summed E-state index contributed by atoms with van der Waals surface area (Å²) in [5.74, 6) is 0.961. The molecule has 0 radical (unpaired) electrons. The second-order valence-electron chi connectivity index (χ2n) is 8.25. The predicted molar refractivity (Wildman–Crippen MR) is 123 cm³/mol. The van der Waals surface area contributed by atoms with Gasteiger partial charge in [0.15, 0.2) is 0 Å². The van der Waals surface area contributed by atoms with Crippen molar-refractivity contribution in [3.8, 4) is 5.75 Å². The summed E-state index contributed by atoms with van der Waals surface area (Å²) in [6.07, 6.45) is 0.742. The van der Waals surface area contributed by atoms with Gasteiger partial charge in [-0.25, -0.2) is 0 Å². The minimum atomic E-state index is -0.0420. The highest BCUT2D eigenvalue weighted by Crippen LogP contribution is 2.28. The summed E-state index contributed by atoms with van der Waals surface area (Å²) in [7, 11) is 1.68. The molecule has 1 aliphatic rings. The first-order valence-corrected chi connectivity index (χ1v) is 11.0. The topological polar surface area (TPSA) is 61.9 Å². The fraction of sp³-hybridized carbons (Fsp3) is 0.440. The summed E-state index contributed by atoms with van der Waals surface area (Å²) in [6, 6.07) is 17.8. The van der Waals surface area contributed by atoms with E-state index < -0.39 is 0 Å². The molecule has 2 aromatic carbocycles. The van der Waals surface area contributed by atoms with Gasteiger partial charge in [0.05, 0.1) is 18.8 Å². The largest absolute Gasteiger partial charge is 0.495 e. The molecule has 2 amide bonds. The summed E-state index contributed by atoms with van der Waals surface area (Å²) in [5.41, 5.74) is 2.14. The summed E-state index contributed by atoms with van der Waals surface area (Å²) < 4.78 is 5.46. The molecule has 1 fully saturated rings. The third-order valence-corrected chi connectivity index (χ3v) is 5.79. The lowest BCUT2D eigenvalue weighted by atomic mass is 10.0. The van der Waals surface area contributed by atoms with E-state index >= 15 is 0 Å². The van der Waals surface area contributed by atoms with Gasteiger partial charge in [0.2, 0.25) is 11.8 Å². The Bertz CT molecular complexity index is 863. The van der Waals surface area contributed by atoms with Gasteiger partial charge in [0, 0.05) is 39.0 Å². The van der Waals surface area contributed by atoms with Crippen molar-refractivity contribution in [3.05, 3.63) is 60.2 Å². The SMILES string of the molecule is COc1ccccc1N1CCN(C(=O)C[C@H](C)CC(=O)N[C@@H](C)c2ccccc2)CC1. The lowest BCUT2D eigenvalue weighted by molar-refractivity contribution is -0.132. The monoisotopic (exact) mass is 423 g/mol. The molecule has 31 heavy (non-hydrogen) atoms. The number of hydrogen-bond acceptors (Lipinski definition) is 4. The highest BCUT2D eigenvalue weighted by Gasteiger charge is 2.24. The average molecular weight is 424 g/mol. The molecule has 3 rings (SSSR count). The molecule has 0 spiro atoms. The number of piperazine rings is 1. The van der Waals surface area contributed by atoms with E-state index in [0.717, 1.165) is 30.1 Å². The van der Waals surface area contributed by atoms with Crippen molar-refractivity contribution in [2.75, 3.05) is 38.2 Å². The third kappa shape index (κ3) is 6.23. The van der Waals surface area contributed by atoms with Gasteiger partial charge in [-0.1, -0.05) is 49.4 Å². The Kier molecular flexibility index (Phi) is 7.93. The van der Waals surface area contributed by atoms with E-state index in [9.17, 15) is 9.59 Å². The molecule has 0 bridgehead atoms. The summed E-state index contributed by atoms with van der Waals surface area (Å²) in [6.45, 7) is 6.85. The molecular weight excluding hydrogens is 390 g/mol. The minimum Gasteiger partial charge on any atom is -0.495 e. The van der Waals surface area contributed by atoms with Gasteiger partial charge in [0.25, 0.3) is 0 Å². The van der Waals surface area contributed by atoms with Crippen molar-refractivity contribution < 1.29 is 14.3 Å². The lowest BCUT2D eigenvalue weighted by Crippen LogP contribution is -2.49. The molecular formula is C25H33N3O3. The van der Waals surface area contributed by atoms with Gasteiger partial charge in [-0.05, 0) is 30.5 Å². The van der Waals surface area contributed by atoms with E-state index in [1.807, 2.05) is 73.3 Å². The Morgan fingerprint density at radius 1 is 0.935 bits per heavy atom. The van der Waals surface area contributed by atoms with Gasteiger partial charge >= 0.3 is 0 Å². The molecule has 0 aromatic heterocycles. The molecule has 1 heterocycles. The van der Waals surface area contributed by atoms with Crippen molar-refractivity contribution in [2.24, 2.45) is 5.92 Å². The van der Waals surface area contributed by atoms with Crippen LogP contribution in [0, 0.1) is 5.92 Å². The maximum absolute atomic E-state index is 12.8. The average Bonchev–Trinajstić information content (AvgIpc) is 2.79. The molecule has 6 nitrogen and oxygen atoms in total. The van der Waals surface area contributed by atoms with Crippen LogP contribution < -0.4 is 15.0 Å². The van der Waals surface area contributed by atoms with Crippen LogP contribution in [0.5, 0.6) is 5.75 Å². The molecule has 1 N–H and O–H groups in total. The Balaban J connectivity index is 1.43. The van der Waals surface area contributed by atoms with E-state index in [0.29, 0.717) is 25.9 Å². The Labute approximate surface area is 185 Å². The Morgan fingerprint density at radius 2 is 1.58 bits per heavy atom. The number of nitrogens with zero attached hydrogens (tertiary/aromatic N) is 2. The predicted octanol–water partition coefficient (Wildman–Crippen LogP) is 3.64. The van der Waals surface area contributed by atoms with Crippen molar-refractivity contribution >= 4 is 17.5 Å². The molecule has 6 heteroatoms. The van der Waals surface area contributed by atoms with Crippen LogP contribution in [0.25, 0.3) is 0 Å². The summed E-state index contributed by atoms with van der Waals surface area (Å²) in [5, 5.41) is 3.03. The van der Waals surface area contributed by atoms with Crippen LogP contribution in [-0.4, -0.2) is 50.0 Å². The van der Waals surface area contributed by atoms with Crippen LogP contribution in [0.2, 0.25) is 0 Å². The molecule has 0 unspecified atom stereocenters. The minimum absolute atomic E-state index is 0.00252. The van der Waals surface area contributed by atoms with Gasteiger partial charge < -0.3 is 19.9 Å². The van der Waals surface area contributed by atoms with Crippen molar-refractivity contribution in [3.63, 3.8) is 0 Å². The molecule has 0 aliphatic carbocycles. The lowest BCUT2D eigenvalue weighted by Gasteiger charge is -2.37. The van der Waals surface area contributed by atoms with E-state index in [2.05, 4.69) is 10.2 Å². The fourth-order valence-electron chi connectivity index (χ4n) is 4.03. The van der Waals surface area contributed by atoms with E-state index in [1.54, 1.807) is 7.11 Å². The third-order valence-electron chi connectivity index (χ3n) is 5.79. The summed E-state index contributed by atoms with van der Waals surface area (Å²) >= 11 is 0. The zero-order chi connectivity index (χ0) is 22.2. The van der Waals surface area contributed by atoms with Crippen LogP contribution in [0.4, 0.5) is 5.69 Å². The van der Waals surface area contributed by atoms with Crippen LogP contribution in [-0.2, 0) is 9.59 Å². The number of amides is 2. The number of carbonyl (C=O) groups is 2. The standard InChI is InChI=1S/C25H33N3O3/c1-19(17-24(29)26-20(2)21-9-5-4-6-10-21)18-25(30)28-15-13-27(14-16-28)22-11-7-8-12-23(22)31-3/h4-12,19-20H,13-18H2,1-3H3,(H,26,29)/t19-,20+/m1/s1.